The topological polar surface area (TPSA) is 234 Å². The van der Waals surface area contributed by atoms with Crippen LogP contribution in [0.25, 0.3) is 0 Å². The largest absolute Gasteiger partial charge is 0.513 e. The lowest BCUT2D eigenvalue weighted by atomic mass is 9.87. The van der Waals surface area contributed by atoms with E-state index in [-0.39, 0.29) is 85.7 Å². The Hall–Kier alpha value is -6.22. The number of rotatable bonds is 18. The number of nitrogens with one attached hydrogen (secondary N) is 2. The van der Waals surface area contributed by atoms with E-state index in [1.165, 1.54) is 62.4 Å². The van der Waals surface area contributed by atoms with Crippen molar-refractivity contribution in [2.75, 3.05) is 0 Å². The lowest BCUT2D eigenvalue weighted by Crippen LogP contribution is -2.39. The average molecular weight is 1030 g/mol. The second-order valence-electron chi connectivity index (χ2n) is 16.1. The van der Waals surface area contributed by atoms with Crippen molar-refractivity contribution in [3.8, 4) is 23.0 Å². The van der Waals surface area contributed by atoms with E-state index in [1.807, 2.05) is 0 Å². The Labute approximate surface area is 396 Å². The third-order valence-corrected chi connectivity index (χ3v) is 13.9. The van der Waals surface area contributed by atoms with Gasteiger partial charge in [-0.05, 0) is 114 Å². The van der Waals surface area contributed by atoms with Crippen molar-refractivity contribution in [2.45, 2.75) is 102 Å². The minimum absolute atomic E-state index is 0.0200. The highest BCUT2D eigenvalue weighted by Crippen LogP contribution is 2.47. The van der Waals surface area contributed by atoms with Crippen LogP contribution in [0.3, 0.4) is 0 Å². The quantitative estimate of drug-likeness (QED) is 0.0310. The van der Waals surface area contributed by atoms with E-state index in [1.54, 1.807) is 36.4 Å². The van der Waals surface area contributed by atoms with E-state index in [0.717, 1.165) is 24.3 Å². The van der Waals surface area contributed by atoms with Gasteiger partial charge in [-0.25, -0.2) is 9.13 Å². The second-order valence-corrected chi connectivity index (χ2v) is 19.3. The molecule has 0 spiro atoms. The first-order valence-corrected chi connectivity index (χ1v) is 24.7. The molecule has 0 saturated heterocycles. The highest BCUT2D eigenvalue weighted by molar-refractivity contribution is 7.52. The first-order valence-electron chi connectivity index (χ1n) is 21.6. The van der Waals surface area contributed by atoms with Gasteiger partial charge < -0.3 is 27.6 Å². The summed E-state index contributed by atoms with van der Waals surface area (Å²) in [4.78, 5) is 45.6. The third-order valence-electron chi connectivity index (χ3n) is 10.7. The molecular weight excluding hydrogens is 984 g/mol. The number of alkyl halides is 6. The molecule has 2 fully saturated rings. The van der Waals surface area contributed by atoms with Gasteiger partial charge in [-0.1, -0.05) is 36.4 Å². The fourth-order valence-electron chi connectivity index (χ4n) is 7.05. The number of carbonyl (C=O) groups is 2. The van der Waals surface area contributed by atoms with Gasteiger partial charge in [-0.3, -0.25) is 29.8 Å². The predicted octanol–water partition coefficient (Wildman–Crippen LogP) is 11.6. The van der Waals surface area contributed by atoms with Crippen LogP contribution in [0.4, 0.5) is 37.7 Å². The van der Waals surface area contributed by atoms with E-state index < -0.39 is 85.8 Å². The standard InChI is InChI=1S/2C22H24F3N2O7P/c2*1-15(21(28)32-18-11-7-16(8-12-18)22(23,24)25)26-35(31,33-19-5-3-2-4-6-19)34-20-13-9-17(10-14-20)27(29)30/h2*2-6,9-10,13-16,18H,7-8,11-12H2,1H3,(H,26,31)/t15-,16?,18?,35+;15-,16?,18?,35-/m00/s1. The lowest BCUT2D eigenvalue weighted by Gasteiger charge is -2.30. The molecule has 0 amide bonds. The molecule has 18 nitrogen and oxygen atoms in total. The van der Waals surface area contributed by atoms with Gasteiger partial charge in [-0.2, -0.15) is 36.5 Å². The van der Waals surface area contributed by atoms with Crippen molar-refractivity contribution in [3.05, 3.63) is 129 Å². The van der Waals surface area contributed by atoms with Crippen molar-refractivity contribution in [1.29, 1.82) is 0 Å². The molecule has 26 heteroatoms. The maximum absolute atomic E-state index is 13.5. The van der Waals surface area contributed by atoms with Crippen molar-refractivity contribution in [3.63, 3.8) is 0 Å². The van der Waals surface area contributed by atoms with Crippen LogP contribution < -0.4 is 28.3 Å². The van der Waals surface area contributed by atoms with E-state index in [2.05, 4.69) is 10.2 Å². The fourth-order valence-corrected chi connectivity index (χ4v) is 10.1. The molecule has 2 N–H and O–H groups in total. The van der Waals surface area contributed by atoms with Gasteiger partial charge in [-0.15, -0.1) is 0 Å². The van der Waals surface area contributed by atoms with Gasteiger partial charge >= 0.3 is 39.8 Å². The molecule has 0 aromatic heterocycles. The van der Waals surface area contributed by atoms with E-state index in [0.29, 0.717) is 0 Å². The first kappa shape index (κ1) is 54.7. The molecule has 70 heavy (non-hydrogen) atoms. The Morgan fingerprint density at radius 3 is 1.04 bits per heavy atom. The number of hydrogen-bond acceptors (Lipinski definition) is 14. The Morgan fingerprint density at radius 1 is 0.514 bits per heavy atom. The SMILES string of the molecule is C[C@H](N[P@@](=O)(Oc1ccccc1)Oc1ccc([N+](=O)[O-])cc1)C(=O)OC1CCC(C(F)(F)F)CC1.C[C@H](N[P@](=O)(Oc1ccccc1)Oc1ccc([N+](=O)[O-])cc1)C(=O)OC1CCC(C(F)(F)F)CC1. The van der Waals surface area contributed by atoms with Crippen LogP contribution in [0.1, 0.15) is 65.2 Å². The molecule has 4 atom stereocenters. The second kappa shape index (κ2) is 24.1. The summed E-state index contributed by atoms with van der Waals surface area (Å²) < 4.78 is 137. The molecular formula is C44H48F6N4O14P2. The number of nitrogens with zero attached hydrogens (tertiary/aromatic N) is 2. The van der Waals surface area contributed by atoms with E-state index >= 15 is 0 Å². The highest BCUT2D eigenvalue weighted by atomic mass is 31.2. The molecule has 0 heterocycles. The Morgan fingerprint density at radius 2 is 0.786 bits per heavy atom. The van der Waals surface area contributed by atoms with Crippen LogP contribution in [-0.2, 0) is 28.2 Å². The summed E-state index contributed by atoms with van der Waals surface area (Å²) in [6.45, 7) is 2.70. The summed E-state index contributed by atoms with van der Waals surface area (Å²) in [5.41, 5.74) is -0.414. The summed E-state index contributed by atoms with van der Waals surface area (Å²) in [6, 6.07) is 23.0. The summed E-state index contributed by atoms with van der Waals surface area (Å²) >= 11 is 0. The number of esters is 2. The minimum atomic E-state index is -4.28. The number of para-hydroxylation sites is 2. The van der Waals surface area contributed by atoms with Crippen molar-refractivity contribution in [2.24, 2.45) is 11.8 Å². The highest BCUT2D eigenvalue weighted by Gasteiger charge is 2.44. The minimum Gasteiger partial charge on any atom is -0.461 e. The Balaban J connectivity index is 0.000000261. The van der Waals surface area contributed by atoms with Gasteiger partial charge in [0.2, 0.25) is 0 Å². The normalized spacial score (nSPS) is 20.8. The van der Waals surface area contributed by atoms with Gasteiger partial charge in [0.25, 0.3) is 11.4 Å². The van der Waals surface area contributed by atoms with Crippen LogP contribution in [0.2, 0.25) is 0 Å². The summed E-state index contributed by atoms with van der Waals surface area (Å²) in [5, 5.41) is 26.7. The number of carbonyl (C=O) groups excluding carboxylic acids is 2. The number of nitro benzene ring substituents is 2. The molecule has 2 aliphatic rings. The van der Waals surface area contributed by atoms with Crippen molar-refractivity contribution < 1.29 is 82.5 Å². The molecule has 0 aliphatic heterocycles. The van der Waals surface area contributed by atoms with Crippen LogP contribution in [-0.4, -0.2) is 58.4 Å². The number of nitro groups is 2. The van der Waals surface area contributed by atoms with Crippen LogP contribution in [0.5, 0.6) is 23.0 Å². The molecule has 2 saturated carbocycles. The maximum atomic E-state index is 13.5. The number of halogens is 6. The van der Waals surface area contributed by atoms with E-state index in [4.69, 9.17) is 27.6 Å². The van der Waals surface area contributed by atoms with E-state index in [9.17, 15) is 65.3 Å². The Kier molecular flexibility index (Phi) is 18.8. The van der Waals surface area contributed by atoms with Crippen molar-refractivity contribution in [1.82, 2.24) is 10.2 Å². The number of hydrogen-bond donors (Lipinski definition) is 2. The van der Waals surface area contributed by atoms with Crippen LogP contribution in [0, 0.1) is 32.1 Å². The number of benzene rings is 4. The summed E-state index contributed by atoms with van der Waals surface area (Å²) in [5.74, 6) is -4.20. The van der Waals surface area contributed by atoms with Crippen LogP contribution >= 0.6 is 15.5 Å². The molecule has 0 unspecified atom stereocenters. The summed E-state index contributed by atoms with van der Waals surface area (Å²) in [6.07, 6.45) is -10.2. The average Bonchev–Trinajstić information content (AvgIpc) is 3.29. The number of ether oxygens (including phenoxy) is 2. The van der Waals surface area contributed by atoms with Gasteiger partial charge in [0.05, 0.1) is 21.7 Å². The molecule has 380 valence electrons. The molecule has 2 aliphatic carbocycles. The fraction of sp³-hybridized carbons (Fsp3) is 0.409. The zero-order valence-corrected chi connectivity index (χ0v) is 39.1. The van der Waals surface area contributed by atoms with Crippen LogP contribution in [0.15, 0.2) is 109 Å². The molecule has 4 aromatic carbocycles. The zero-order chi connectivity index (χ0) is 51.3. The molecule has 0 radical (unpaired) electrons. The van der Waals surface area contributed by atoms with Gasteiger partial charge in [0.15, 0.2) is 0 Å². The Bertz CT molecular complexity index is 2290. The van der Waals surface area contributed by atoms with Crippen molar-refractivity contribution >= 4 is 38.8 Å². The maximum Gasteiger partial charge on any atom is 0.513 e. The smallest absolute Gasteiger partial charge is 0.461 e. The summed E-state index contributed by atoms with van der Waals surface area (Å²) in [7, 11) is -8.53. The molecule has 6 rings (SSSR count). The lowest BCUT2D eigenvalue weighted by molar-refractivity contribution is -0.385. The first-order chi connectivity index (χ1) is 32.9. The molecule has 0 bridgehead atoms. The van der Waals surface area contributed by atoms with Gasteiger partial charge in [0, 0.05) is 24.3 Å². The molecule has 4 aromatic rings. The third kappa shape index (κ3) is 17.0. The predicted molar refractivity (Wildman–Crippen MR) is 238 cm³/mol. The zero-order valence-electron chi connectivity index (χ0n) is 37.3. The van der Waals surface area contributed by atoms with Gasteiger partial charge in [0.1, 0.15) is 47.3 Å². The number of non-ortho nitro benzene ring substituents is 2. The monoisotopic (exact) mass is 1030 g/mol.